The standard InChI is InChI=1S/C15H12N6O/c22-14-11-3-1-2-4-12(11)19-15(20-14)17-9-10-5-7-16-13-6-8-18-21(10)13/h1-8H,9H2,(H2,17,19,20,22). The quantitative estimate of drug-likeness (QED) is 0.598. The molecule has 4 rings (SSSR count). The van der Waals surface area contributed by atoms with Crippen LogP contribution in [0.1, 0.15) is 5.69 Å². The van der Waals surface area contributed by atoms with Crippen molar-refractivity contribution in [1.29, 1.82) is 0 Å². The molecular formula is C15H12N6O. The van der Waals surface area contributed by atoms with Gasteiger partial charge < -0.3 is 5.32 Å². The molecule has 3 heterocycles. The summed E-state index contributed by atoms with van der Waals surface area (Å²) < 4.78 is 1.74. The summed E-state index contributed by atoms with van der Waals surface area (Å²) >= 11 is 0. The summed E-state index contributed by atoms with van der Waals surface area (Å²) in [5, 5.41) is 7.92. The number of nitrogens with zero attached hydrogens (tertiary/aromatic N) is 4. The molecule has 1 aromatic carbocycles. The highest BCUT2D eigenvalue weighted by atomic mass is 16.1. The lowest BCUT2D eigenvalue weighted by Gasteiger charge is -2.07. The largest absolute Gasteiger partial charge is 0.350 e. The number of H-pyrrole nitrogens is 1. The van der Waals surface area contributed by atoms with E-state index in [1.165, 1.54) is 0 Å². The van der Waals surface area contributed by atoms with Crippen molar-refractivity contribution in [3.63, 3.8) is 0 Å². The Kier molecular flexibility index (Phi) is 2.82. The number of aromatic amines is 1. The van der Waals surface area contributed by atoms with Crippen molar-refractivity contribution < 1.29 is 0 Å². The molecule has 2 N–H and O–H groups in total. The molecule has 0 spiro atoms. The number of anilines is 1. The number of aromatic nitrogens is 5. The van der Waals surface area contributed by atoms with E-state index in [9.17, 15) is 4.79 Å². The topological polar surface area (TPSA) is 88.0 Å². The summed E-state index contributed by atoms with van der Waals surface area (Å²) in [5.41, 5.74) is 2.20. The van der Waals surface area contributed by atoms with Gasteiger partial charge in [0.1, 0.15) is 0 Å². The summed E-state index contributed by atoms with van der Waals surface area (Å²) in [6.45, 7) is 0.474. The third-order valence-electron chi connectivity index (χ3n) is 3.42. The zero-order valence-electron chi connectivity index (χ0n) is 11.5. The van der Waals surface area contributed by atoms with Gasteiger partial charge in [-0.2, -0.15) is 5.10 Å². The summed E-state index contributed by atoms with van der Waals surface area (Å²) in [5.74, 6) is 0.431. The zero-order valence-corrected chi connectivity index (χ0v) is 11.5. The normalized spacial score (nSPS) is 11.1. The Morgan fingerprint density at radius 1 is 1.14 bits per heavy atom. The highest BCUT2D eigenvalue weighted by Gasteiger charge is 2.05. The second kappa shape index (κ2) is 4.96. The average molecular weight is 292 g/mol. The molecule has 0 aliphatic heterocycles. The molecule has 3 aromatic heterocycles. The molecule has 0 atom stereocenters. The smallest absolute Gasteiger partial charge is 0.260 e. The third-order valence-corrected chi connectivity index (χ3v) is 3.42. The predicted molar refractivity (Wildman–Crippen MR) is 82.7 cm³/mol. The maximum atomic E-state index is 12.0. The summed E-state index contributed by atoms with van der Waals surface area (Å²) in [4.78, 5) is 23.4. The summed E-state index contributed by atoms with van der Waals surface area (Å²) in [6.07, 6.45) is 3.42. The zero-order chi connectivity index (χ0) is 14.9. The van der Waals surface area contributed by atoms with Crippen LogP contribution in [0.2, 0.25) is 0 Å². The van der Waals surface area contributed by atoms with E-state index in [-0.39, 0.29) is 5.56 Å². The van der Waals surface area contributed by atoms with Gasteiger partial charge in [-0.05, 0) is 18.2 Å². The molecule has 22 heavy (non-hydrogen) atoms. The van der Waals surface area contributed by atoms with Crippen molar-refractivity contribution in [3.8, 4) is 0 Å². The van der Waals surface area contributed by atoms with Crippen LogP contribution >= 0.6 is 0 Å². The van der Waals surface area contributed by atoms with Crippen molar-refractivity contribution in [1.82, 2.24) is 24.6 Å². The van der Waals surface area contributed by atoms with Gasteiger partial charge in [0.2, 0.25) is 5.95 Å². The van der Waals surface area contributed by atoms with Crippen LogP contribution in [0.15, 0.2) is 53.6 Å². The molecule has 0 bridgehead atoms. The highest BCUT2D eigenvalue weighted by molar-refractivity contribution is 5.78. The lowest BCUT2D eigenvalue weighted by molar-refractivity contribution is 0.848. The van der Waals surface area contributed by atoms with Crippen LogP contribution in [0.5, 0.6) is 0 Å². The van der Waals surface area contributed by atoms with E-state index in [4.69, 9.17) is 0 Å². The van der Waals surface area contributed by atoms with Crippen LogP contribution in [-0.4, -0.2) is 24.6 Å². The highest BCUT2D eigenvalue weighted by Crippen LogP contribution is 2.09. The molecule has 7 nitrogen and oxygen atoms in total. The van der Waals surface area contributed by atoms with Crippen LogP contribution in [0.4, 0.5) is 5.95 Å². The van der Waals surface area contributed by atoms with Gasteiger partial charge in [-0.1, -0.05) is 12.1 Å². The Labute approximate surface area is 124 Å². The summed E-state index contributed by atoms with van der Waals surface area (Å²) in [7, 11) is 0. The van der Waals surface area contributed by atoms with Gasteiger partial charge in [-0.15, -0.1) is 0 Å². The fourth-order valence-electron chi connectivity index (χ4n) is 2.36. The second-order valence-corrected chi connectivity index (χ2v) is 4.82. The molecule has 4 aromatic rings. The molecule has 0 aliphatic rings. The molecule has 0 radical (unpaired) electrons. The molecule has 108 valence electrons. The fraction of sp³-hybridized carbons (Fsp3) is 0.0667. The molecule has 0 aliphatic carbocycles. The van der Waals surface area contributed by atoms with Crippen LogP contribution < -0.4 is 10.9 Å². The minimum atomic E-state index is -0.160. The molecular weight excluding hydrogens is 280 g/mol. The third kappa shape index (κ3) is 2.08. The van der Waals surface area contributed by atoms with Crippen molar-refractivity contribution >= 4 is 22.5 Å². The molecule has 0 saturated carbocycles. The number of hydrogen-bond acceptors (Lipinski definition) is 5. The van der Waals surface area contributed by atoms with Crippen molar-refractivity contribution in [2.45, 2.75) is 6.54 Å². The Morgan fingerprint density at radius 3 is 3.00 bits per heavy atom. The van der Waals surface area contributed by atoms with E-state index in [1.807, 2.05) is 30.3 Å². The van der Waals surface area contributed by atoms with Crippen molar-refractivity contribution in [2.24, 2.45) is 0 Å². The monoisotopic (exact) mass is 292 g/mol. The van der Waals surface area contributed by atoms with Crippen LogP contribution in [0.25, 0.3) is 16.6 Å². The van der Waals surface area contributed by atoms with E-state index in [0.717, 1.165) is 11.3 Å². The number of benzene rings is 1. The Hall–Kier alpha value is -3.22. The first-order valence-electron chi connectivity index (χ1n) is 6.82. The molecule has 0 fully saturated rings. The van der Waals surface area contributed by atoms with Gasteiger partial charge in [-0.3, -0.25) is 9.78 Å². The van der Waals surface area contributed by atoms with Crippen LogP contribution in [0, 0.1) is 0 Å². The van der Waals surface area contributed by atoms with Gasteiger partial charge in [0.05, 0.1) is 29.3 Å². The van der Waals surface area contributed by atoms with Crippen LogP contribution in [-0.2, 0) is 6.54 Å². The Balaban J connectivity index is 1.67. The molecule has 7 heteroatoms. The first-order valence-corrected chi connectivity index (χ1v) is 6.82. The first-order chi connectivity index (χ1) is 10.8. The number of para-hydroxylation sites is 1. The number of nitrogens with one attached hydrogen (secondary N) is 2. The van der Waals surface area contributed by atoms with Gasteiger partial charge in [0, 0.05) is 12.3 Å². The molecule has 0 saturated heterocycles. The van der Waals surface area contributed by atoms with E-state index in [2.05, 4.69) is 25.4 Å². The van der Waals surface area contributed by atoms with Crippen molar-refractivity contribution in [2.75, 3.05) is 5.32 Å². The van der Waals surface area contributed by atoms with E-state index < -0.39 is 0 Å². The Morgan fingerprint density at radius 2 is 2.05 bits per heavy atom. The lowest BCUT2D eigenvalue weighted by Crippen LogP contribution is -2.14. The maximum absolute atomic E-state index is 12.0. The van der Waals surface area contributed by atoms with Gasteiger partial charge in [0.25, 0.3) is 5.56 Å². The van der Waals surface area contributed by atoms with Crippen molar-refractivity contribution in [3.05, 3.63) is 64.8 Å². The molecule has 0 amide bonds. The maximum Gasteiger partial charge on any atom is 0.260 e. The molecule has 0 unspecified atom stereocenters. The van der Waals surface area contributed by atoms with E-state index in [0.29, 0.717) is 23.4 Å². The predicted octanol–water partition coefficient (Wildman–Crippen LogP) is 1.58. The minimum Gasteiger partial charge on any atom is -0.350 e. The summed E-state index contributed by atoms with van der Waals surface area (Å²) in [6, 6.07) is 10.9. The number of hydrogen-bond donors (Lipinski definition) is 2. The Bertz CT molecular complexity index is 1020. The second-order valence-electron chi connectivity index (χ2n) is 4.82. The number of rotatable bonds is 3. The van der Waals surface area contributed by atoms with Gasteiger partial charge >= 0.3 is 0 Å². The SMILES string of the molecule is O=c1[nH]c(NCc2ccnc3ccnn23)nc2ccccc12. The lowest BCUT2D eigenvalue weighted by atomic mass is 10.2. The minimum absolute atomic E-state index is 0.160. The average Bonchev–Trinajstić information content (AvgIpc) is 3.02. The first kappa shape index (κ1) is 12.5. The van der Waals surface area contributed by atoms with Gasteiger partial charge in [-0.25, -0.2) is 14.5 Å². The number of fused-ring (bicyclic) bond motifs is 2. The van der Waals surface area contributed by atoms with E-state index in [1.54, 1.807) is 23.0 Å². The van der Waals surface area contributed by atoms with Crippen LogP contribution in [0.3, 0.4) is 0 Å². The van der Waals surface area contributed by atoms with Gasteiger partial charge in [0.15, 0.2) is 5.65 Å². The van der Waals surface area contributed by atoms with E-state index >= 15 is 0 Å². The fourth-order valence-corrected chi connectivity index (χ4v) is 2.36.